The van der Waals surface area contributed by atoms with Gasteiger partial charge in [0.1, 0.15) is 0 Å². The molecular formula is C15H29NO2S. The second-order valence-corrected chi connectivity index (χ2v) is 8.48. The van der Waals surface area contributed by atoms with Crippen LogP contribution in [0, 0.1) is 0 Å². The van der Waals surface area contributed by atoms with E-state index in [1.54, 1.807) is 0 Å². The van der Waals surface area contributed by atoms with E-state index in [1.165, 1.54) is 0 Å². The number of rotatable bonds is 8. The van der Waals surface area contributed by atoms with Crippen LogP contribution in [-0.2, 0) is 15.7 Å². The Bertz CT molecular complexity index is 317. The summed E-state index contributed by atoms with van der Waals surface area (Å²) in [5.74, 6) is 0. The van der Waals surface area contributed by atoms with Gasteiger partial charge in [-0.15, -0.1) is 6.58 Å². The van der Waals surface area contributed by atoms with Gasteiger partial charge in [0.25, 0.3) is 0 Å². The van der Waals surface area contributed by atoms with E-state index in [-0.39, 0.29) is 10.3 Å². The Kier molecular flexibility index (Phi) is 6.21. The zero-order chi connectivity index (χ0) is 14.5. The summed E-state index contributed by atoms with van der Waals surface area (Å²) in [6, 6.07) is 0. The Morgan fingerprint density at radius 1 is 1.47 bits per heavy atom. The van der Waals surface area contributed by atoms with Crippen molar-refractivity contribution in [1.29, 1.82) is 0 Å². The number of nitrogens with one attached hydrogen (secondary N) is 1. The highest BCUT2D eigenvalue weighted by molar-refractivity contribution is 7.84. The predicted octanol–water partition coefficient (Wildman–Crippen LogP) is 3.33. The summed E-state index contributed by atoms with van der Waals surface area (Å²) >= 11 is 0. The number of hydrogen-bond acceptors (Lipinski definition) is 2. The van der Waals surface area contributed by atoms with E-state index in [1.807, 2.05) is 26.8 Å². The van der Waals surface area contributed by atoms with E-state index in [0.29, 0.717) is 6.10 Å². The molecule has 0 spiro atoms. The summed E-state index contributed by atoms with van der Waals surface area (Å²) in [5.41, 5.74) is -0.0726. The molecule has 0 amide bonds. The molecule has 0 heterocycles. The molecule has 1 aliphatic rings. The van der Waals surface area contributed by atoms with Crippen LogP contribution in [0.5, 0.6) is 0 Å². The highest BCUT2D eigenvalue weighted by Crippen LogP contribution is 2.38. The molecule has 0 bridgehead atoms. The summed E-state index contributed by atoms with van der Waals surface area (Å²) in [5, 5.41) is 0. The quantitative estimate of drug-likeness (QED) is 0.549. The largest absolute Gasteiger partial charge is 0.378 e. The van der Waals surface area contributed by atoms with Crippen LogP contribution >= 0.6 is 0 Å². The monoisotopic (exact) mass is 287 g/mol. The summed E-state index contributed by atoms with van der Waals surface area (Å²) in [4.78, 5) is 0. The van der Waals surface area contributed by atoms with Crippen LogP contribution in [0.1, 0.15) is 59.8 Å². The van der Waals surface area contributed by atoms with Gasteiger partial charge in [-0.2, -0.15) is 0 Å². The third-order valence-electron chi connectivity index (χ3n) is 3.49. The van der Waals surface area contributed by atoms with E-state index in [4.69, 9.17) is 4.74 Å². The highest BCUT2D eigenvalue weighted by atomic mass is 32.2. The maximum Gasteiger partial charge on any atom is 0.0975 e. The fourth-order valence-corrected chi connectivity index (χ4v) is 3.19. The normalized spacial score (nSPS) is 28.7. The lowest BCUT2D eigenvalue weighted by atomic mass is 9.73. The fraction of sp³-hybridized carbons (Fsp3) is 0.867. The van der Waals surface area contributed by atoms with Gasteiger partial charge in [-0.1, -0.05) is 19.4 Å². The fourth-order valence-electron chi connectivity index (χ4n) is 2.24. The van der Waals surface area contributed by atoms with Crippen LogP contribution in [0.3, 0.4) is 0 Å². The Morgan fingerprint density at radius 2 is 2.11 bits per heavy atom. The van der Waals surface area contributed by atoms with Gasteiger partial charge in [-0.3, -0.25) is 0 Å². The minimum atomic E-state index is -1.03. The molecule has 4 heteroatoms. The van der Waals surface area contributed by atoms with Crippen molar-refractivity contribution in [1.82, 2.24) is 4.72 Å². The van der Waals surface area contributed by atoms with E-state index >= 15 is 0 Å². The van der Waals surface area contributed by atoms with Gasteiger partial charge in [-0.05, 0) is 46.5 Å². The first-order valence-corrected chi connectivity index (χ1v) is 8.40. The van der Waals surface area contributed by atoms with Gasteiger partial charge < -0.3 is 4.74 Å². The predicted molar refractivity (Wildman–Crippen MR) is 82.5 cm³/mol. The lowest BCUT2D eigenvalue weighted by Crippen LogP contribution is -2.60. The summed E-state index contributed by atoms with van der Waals surface area (Å²) in [6.07, 6.45) is 7.23. The van der Waals surface area contributed by atoms with Gasteiger partial charge in [0, 0.05) is 12.1 Å². The molecule has 112 valence electrons. The van der Waals surface area contributed by atoms with Crippen LogP contribution < -0.4 is 4.72 Å². The second-order valence-electron chi connectivity index (χ2n) is 6.51. The third-order valence-corrected chi connectivity index (χ3v) is 5.22. The van der Waals surface area contributed by atoms with Crippen molar-refractivity contribution in [3.63, 3.8) is 0 Å². The van der Waals surface area contributed by atoms with Gasteiger partial charge in [0.05, 0.1) is 21.8 Å². The summed E-state index contributed by atoms with van der Waals surface area (Å²) in [6.45, 7) is 12.8. The molecule has 0 aromatic heterocycles. The molecular weight excluding hydrogens is 258 g/mol. The Hall–Kier alpha value is -0.190. The average molecular weight is 287 g/mol. The van der Waals surface area contributed by atoms with Crippen LogP contribution in [0.4, 0.5) is 0 Å². The molecule has 0 aromatic rings. The van der Waals surface area contributed by atoms with Crippen molar-refractivity contribution in [2.24, 2.45) is 0 Å². The van der Waals surface area contributed by atoms with E-state index in [9.17, 15) is 4.21 Å². The topological polar surface area (TPSA) is 38.3 Å². The maximum atomic E-state index is 12.2. The van der Waals surface area contributed by atoms with Gasteiger partial charge in [-0.25, -0.2) is 8.93 Å². The zero-order valence-corrected chi connectivity index (χ0v) is 13.6. The lowest BCUT2D eigenvalue weighted by Gasteiger charge is -2.48. The van der Waals surface area contributed by atoms with Crippen LogP contribution in [0.15, 0.2) is 12.7 Å². The van der Waals surface area contributed by atoms with Gasteiger partial charge in [0.2, 0.25) is 0 Å². The number of hydrogen-bond donors (Lipinski definition) is 1. The molecule has 0 aromatic carbocycles. The molecule has 1 saturated carbocycles. The van der Waals surface area contributed by atoms with E-state index < -0.39 is 11.0 Å². The minimum absolute atomic E-state index is 0.0726. The number of ether oxygens (including phenoxy) is 1. The lowest BCUT2D eigenvalue weighted by molar-refractivity contribution is -0.0476. The molecule has 1 atom stereocenters. The molecule has 1 N–H and O–H groups in total. The van der Waals surface area contributed by atoms with Crippen molar-refractivity contribution in [3.05, 3.63) is 12.7 Å². The molecule has 0 saturated heterocycles. The molecule has 0 aliphatic heterocycles. The molecule has 1 aliphatic carbocycles. The molecule has 3 nitrogen and oxygen atoms in total. The molecule has 19 heavy (non-hydrogen) atoms. The zero-order valence-electron chi connectivity index (χ0n) is 12.8. The second kappa shape index (κ2) is 7.00. The van der Waals surface area contributed by atoms with Crippen molar-refractivity contribution < 1.29 is 8.95 Å². The van der Waals surface area contributed by atoms with Gasteiger partial charge in [0.15, 0.2) is 0 Å². The Morgan fingerprint density at radius 3 is 2.58 bits per heavy atom. The summed E-state index contributed by atoms with van der Waals surface area (Å²) in [7, 11) is -1.03. The molecule has 0 radical (unpaired) electrons. The smallest absolute Gasteiger partial charge is 0.0975 e. The molecule has 1 rings (SSSR count). The third kappa shape index (κ3) is 5.01. The SMILES string of the molecule is C=CCC1(NS(=O)C(C)(C)C)CC(OCCCC)C1. The standard InChI is InChI=1S/C15H29NO2S/c1-6-8-10-18-13-11-15(12-13,9-7-2)16-19(17)14(3,4)5/h7,13,16H,2,6,8-12H2,1,3-5H3. The highest BCUT2D eigenvalue weighted by Gasteiger charge is 2.46. The molecule has 1 unspecified atom stereocenters. The number of unbranched alkanes of at least 4 members (excludes halogenated alkanes) is 1. The van der Waals surface area contributed by atoms with Crippen LogP contribution in [-0.4, -0.2) is 27.2 Å². The van der Waals surface area contributed by atoms with Gasteiger partial charge >= 0.3 is 0 Å². The van der Waals surface area contributed by atoms with Crippen LogP contribution in [0.25, 0.3) is 0 Å². The molecule has 1 fully saturated rings. The van der Waals surface area contributed by atoms with Crippen molar-refractivity contribution in [2.45, 2.75) is 76.2 Å². The van der Waals surface area contributed by atoms with E-state index in [0.717, 1.165) is 38.7 Å². The first-order valence-electron chi connectivity index (χ1n) is 7.25. The van der Waals surface area contributed by atoms with Crippen molar-refractivity contribution in [3.8, 4) is 0 Å². The first kappa shape index (κ1) is 16.9. The van der Waals surface area contributed by atoms with Crippen molar-refractivity contribution >= 4 is 11.0 Å². The van der Waals surface area contributed by atoms with Crippen molar-refractivity contribution in [2.75, 3.05) is 6.61 Å². The average Bonchev–Trinajstić information content (AvgIpc) is 2.25. The van der Waals surface area contributed by atoms with Crippen LogP contribution in [0.2, 0.25) is 0 Å². The summed E-state index contributed by atoms with van der Waals surface area (Å²) < 4.78 is 21.1. The Balaban J connectivity index is 2.47. The first-order chi connectivity index (χ1) is 8.83. The maximum absolute atomic E-state index is 12.2. The van der Waals surface area contributed by atoms with E-state index in [2.05, 4.69) is 18.2 Å². The Labute approximate surface area is 120 Å². The minimum Gasteiger partial charge on any atom is -0.378 e.